The third-order valence-corrected chi connectivity index (χ3v) is 4.52. The van der Waals surface area contributed by atoms with Crippen LogP contribution >= 0.6 is 12.4 Å². The number of carbonyl (C=O) groups is 1. The van der Waals surface area contributed by atoms with Gasteiger partial charge in [0, 0.05) is 18.3 Å². The molecular weight excluding hydrogens is 371 g/mol. The second-order valence-electron chi connectivity index (χ2n) is 6.65. The highest BCUT2D eigenvalue weighted by Crippen LogP contribution is 2.26. The first-order chi connectivity index (χ1) is 12.4. The molecule has 0 unspecified atom stereocenters. The summed E-state index contributed by atoms with van der Waals surface area (Å²) in [6.45, 7) is 1.89. The van der Waals surface area contributed by atoms with Crippen molar-refractivity contribution in [3.8, 4) is 0 Å². The van der Waals surface area contributed by atoms with E-state index < -0.39 is 11.7 Å². The number of amides is 1. The summed E-state index contributed by atoms with van der Waals surface area (Å²) in [6.07, 6.45) is 7.14. The van der Waals surface area contributed by atoms with E-state index in [4.69, 9.17) is 11.5 Å². The number of aromatic nitrogens is 2. The van der Waals surface area contributed by atoms with Crippen molar-refractivity contribution >= 4 is 35.6 Å². The molecule has 1 amide bonds. The monoisotopic (exact) mass is 394 g/mol. The Morgan fingerprint density at radius 1 is 1.22 bits per heavy atom. The molecule has 0 saturated heterocycles. The van der Waals surface area contributed by atoms with E-state index in [9.17, 15) is 9.18 Å². The summed E-state index contributed by atoms with van der Waals surface area (Å²) in [5.74, 6) is -1.16. The molecule has 7 nitrogen and oxygen atoms in total. The summed E-state index contributed by atoms with van der Waals surface area (Å²) in [7, 11) is 0. The highest BCUT2D eigenvalue weighted by molar-refractivity contribution is 5.98. The van der Waals surface area contributed by atoms with Gasteiger partial charge in [-0.05, 0) is 37.5 Å². The Kier molecular flexibility index (Phi) is 6.92. The second kappa shape index (κ2) is 8.96. The Morgan fingerprint density at radius 3 is 2.63 bits per heavy atom. The molecule has 9 heteroatoms. The summed E-state index contributed by atoms with van der Waals surface area (Å²) >= 11 is 0. The minimum atomic E-state index is -0.763. The first-order valence-corrected chi connectivity index (χ1v) is 8.65. The van der Waals surface area contributed by atoms with Crippen molar-refractivity contribution in [1.82, 2.24) is 9.97 Å². The van der Waals surface area contributed by atoms with E-state index in [1.807, 2.05) is 13.0 Å². The molecule has 1 aliphatic rings. The Morgan fingerprint density at radius 2 is 1.96 bits per heavy atom. The molecule has 6 N–H and O–H groups in total. The van der Waals surface area contributed by atoms with Gasteiger partial charge in [0.15, 0.2) is 11.6 Å². The minimum absolute atomic E-state index is 0. The fourth-order valence-corrected chi connectivity index (χ4v) is 3.15. The number of carbonyl (C=O) groups excluding carboxylic acids is 1. The lowest BCUT2D eigenvalue weighted by molar-refractivity contribution is 0.100. The Balaban J connectivity index is 0.00000261. The highest BCUT2D eigenvalue weighted by Gasteiger charge is 2.24. The van der Waals surface area contributed by atoms with E-state index >= 15 is 0 Å². The summed E-state index contributed by atoms with van der Waals surface area (Å²) < 4.78 is 14.5. The molecule has 3 rings (SSSR count). The average molecular weight is 395 g/mol. The van der Waals surface area contributed by atoms with Gasteiger partial charge in [-0.2, -0.15) is 0 Å². The Labute approximate surface area is 163 Å². The molecule has 1 fully saturated rings. The molecule has 0 aliphatic heterocycles. The number of hydrogen-bond donors (Lipinski definition) is 4. The van der Waals surface area contributed by atoms with Gasteiger partial charge >= 0.3 is 0 Å². The molecule has 0 bridgehead atoms. The average Bonchev–Trinajstić information content (AvgIpc) is 2.59. The van der Waals surface area contributed by atoms with Crippen LogP contribution in [0.5, 0.6) is 0 Å². The number of rotatable bonds is 5. The standard InChI is InChI=1S/C18H23FN6O.ClH/c1-10-6-11(9-22-8-10)23-17-12(16(21)26)7-13(19)18(25-17)24-15-5-3-2-4-14(15)20;/h6-9,14-15H,2-5,20H2,1H3,(H2,21,26)(H2,23,24,25);1H/t14-,15+;/m0./s1. The van der Waals surface area contributed by atoms with Crippen LogP contribution in [0.15, 0.2) is 24.5 Å². The van der Waals surface area contributed by atoms with Gasteiger partial charge in [-0.1, -0.05) is 12.8 Å². The Hall–Kier alpha value is -2.45. The van der Waals surface area contributed by atoms with Gasteiger partial charge in [0.1, 0.15) is 5.82 Å². The number of halogens is 2. The lowest BCUT2D eigenvalue weighted by atomic mass is 9.91. The zero-order valence-corrected chi connectivity index (χ0v) is 15.9. The van der Waals surface area contributed by atoms with Gasteiger partial charge < -0.3 is 22.1 Å². The van der Waals surface area contributed by atoms with Crippen LogP contribution in [0.1, 0.15) is 41.6 Å². The zero-order chi connectivity index (χ0) is 18.7. The third-order valence-electron chi connectivity index (χ3n) is 4.52. The SMILES string of the molecule is Cc1cncc(Nc2nc(N[C@@H]3CCCC[C@@H]3N)c(F)cc2C(N)=O)c1.Cl. The van der Waals surface area contributed by atoms with Crippen LogP contribution in [0, 0.1) is 12.7 Å². The summed E-state index contributed by atoms with van der Waals surface area (Å²) in [5, 5.41) is 6.08. The number of nitrogens with two attached hydrogens (primary N) is 2. The number of anilines is 3. The smallest absolute Gasteiger partial charge is 0.252 e. The van der Waals surface area contributed by atoms with E-state index in [0.29, 0.717) is 5.69 Å². The molecule has 2 atom stereocenters. The summed E-state index contributed by atoms with van der Waals surface area (Å²) in [4.78, 5) is 20.1. The number of nitrogens with one attached hydrogen (secondary N) is 2. The van der Waals surface area contributed by atoms with Crippen LogP contribution in [-0.2, 0) is 0 Å². The van der Waals surface area contributed by atoms with Crippen molar-refractivity contribution in [2.24, 2.45) is 11.5 Å². The predicted octanol–water partition coefficient (Wildman–Crippen LogP) is 2.87. The van der Waals surface area contributed by atoms with E-state index in [0.717, 1.165) is 37.3 Å². The highest BCUT2D eigenvalue weighted by atomic mass is 35.5. The van der Waals surface area contributed by atoms with Crippen LogP contribution in [0.25, 0.3) is 0 Å². The number of nitrogens with zero attached hydrogens (tertiary/aromatic N) is 2. The molecule has 2 aromatic rings. The van der Waals surface area contributed by atoms with Crippen LogP contribution in [0.2, 0.25) is 0 Å². The number of pyridine rings is 2. The fourth-order valence-electron chi connectivity index (χ4n) is 3.15. The first-order valence-electron chi connectivity index (χ1n) is 8.65. The molecule has 0 aromatic carbocycles. The van der Waals surface area contributed by atoms with Gasteiger partial charge in [-0.15, -0.1) is 12.4 Å². The van der Waals surface area contributed by atoms with Crippen molar-refractivity contribution in [2.45, 2.75) is 44.7 Å². The molecule has 0 radical (unpaired) electrons. The molecule has 2 heterocycles. The van der Waals surface area contributed by atoms with Crippen LogP contribution in [0.3, 0.4) is 0 Å². The second-order valence-corrected chi connectivity index (χ2v) is 6.65. The molecule has 27 heavy (non-hydrogen) atoms. The van der Waals surface area contributed by atoms with Crippen molar-refractivity contribution in [3.63, 3.8) is 0 Å². The van der Waals surface area contributed by atoms with Gasteiger partial charge in [0.05, 0.1) is 17.4 Å². The quantitative estimate of drug-likeness (QED) is 0.619. The van der Waals surface area contributed by atoms with E-state index in [1.165, 1.54) is 0 Å². The minimum Gasteiger partial charge on any atom is -0.365 e. The van der Waals surface area contributed by atoms with Crippen molar-refractivity contribution in [2.75, 3.05) is 10.6 Å². The predicted molar refractivity (Wildman–Crippen MR) is 106 cm³/mol. The van der Waals surface area contributed by atoms with Crippen LogP contribution in [0.4, 0.5) is 21.7 Å². The third kappa shape index (κ3) is 5.05. The zero-order valence-electron chi connectivity index (χ0n) is 15.0. The van der Waals surface area contributed by atoms with Gasteiger partial charge in [-0.25, -0.2) is 9.37 Å². The largest absolute Gasteiger partial charge is 0.365 e. The van der Waals surface area contributed by atoms with Crippen molar-refractivity contribution < 1.29 is 9.18 Å². The van der Waals surface area contributed by atoms with Crippen LogP contribution < -0.4 is 22.1 Å². The maximum Gasteiger partial charge on any atom is 0.252 e. The van der Waals surface area contributed by atoms with E-state index in [-0.39, 0.29) is 41.7 Å². The number of primary amides is 1. The van der Waals surface area contributed by atoms with Gasteiger partial charge in [0.25, 0.3) is 5.91 Å². The molecule has 0 spiro atoms. The topological polar surface area (TPSA) is 119 Å². The van der Waals surface area contributed by atoms with Crippen LogP contribution in [-0.4, -0.2) is 28.0 Å². The molecule has 146 valence electrons. The maximum absolute atomic E-state index is 14.5. The molecular formula is C18H24ClFN6O. The molecule has 1 saturated carbocycles. The normalized spacial score (nSPS) is 19.1. The molecule has 2 aromatic heterocycles. The first kappa shape index (κ1) is 20.9. The number of hydrogen-bond acceptors (Lipinski definition) is 6. The lowest BCUT2D eigenvalue weighted by Gasteiger charge is -2.30. The van der Waals surface area contributed by atoms with Crippen molar-refractivity contribution in [1.29, 1.82) is 0 Å². The summed E-state index contributed by atoms with van der Waals surface area (Å²) in [6, 6.07) is 2.82. The lowest BCUT2D eigenvalue weighted by Crippen LogP contribution is -2.43. The summed E-state index contributed by atoms with van der Waals surface area (Å²) in [5.41, 5.74) is 13.0. The maximum atomic E-state index is 14.5. The van der Waals surface area contributed by atoms with Gasteiger partial charge in [-0.3, -0.25) is 9.78 Å². The Bertz CT molecular complexity index is 818. The molecule has 1 aliphatic carbocycles. The fraction of sp³-hybridized carbons (Fsp3) is 0.389. The van der Waals surface area contributed by atoms with Gasteiger partial charge in [0.2, 0.25) is 0 Å². The van der Waals surface area contributed by atoms with Crippen molar-refractivity contribution in [3.05, 3.63) is 41.5 Å². The van der Waals surface area contributed by atoms with E-state index in [1.54, 1.807) is 12.4 Å². The number of aryl methyl sites for hydroxylation is 1. The van der Waals surface area contributed by atoms with E-state index in [2.05, 4.69) is 20.6 Å².